The number of aromatic nitrogens is 2. The lowest BCUT2D eigenvalue weighted by Crippen LogP contribution is -2.52. The van der Waals surface area contributed by atoms with Crippen LogP contribution in [0, 0.1) is 0 Å². The van der Waals surface area contributed by atoms with Crippen molar-refractivity contribution in [2.45, 2.75) is 12.0 Å². The van der Waals surface area contributed by atoms with Gasteiger partial charge in [0.05, 0.1) is 5.54 Å². The van der Waals surface area contributed by atoms with E-state index in [0.717, 1.165) is 16.9 Å². The molecule has 1 aliphatic heterocycles. The summed E-state index contributed by atoms with van der Waals surface area (Å²) in [6.07, 6.45) is 6.58. The van der Waals surface area contributed by atoms with Crippen molar-refractivity contribution in [1.82, 2.24) is 14.9 Å². The van der Waals surface area contributed by atoms with Crippen LogP contribution < -0.4 is 0 Å². The molecule has 0 N–H and O–H groups in total. The summed E-state index contributed by atoms with van der Waals surface area (Å²) >= 11 is 2.90. The summed E-state index contributed by atoms with van der Waals surface area (Å²) < 4.78 is 0. The van der Waals surface area contributed by atoms with E-state index in [4.69, 9.17) is 0 Å². The molecule has 0 bridgehead atoms. The largest absolute Gasteiger partial charge is 0.295 e. The summed E-state index contributed by atoms with van der Waals surface area (Å²) in [6.45, 7) is 1.25. The molecular formula is C32H27N3O2S2. The number of hydrogen-bond donors (Lipinski definition) is 0. The van der Waals surface area contributed by atoms with Gasteiger partial charge in [0.1, 0.15) is 5.01 Å². The van der Waals surface area contributed by atoms with E-state index < -0.39 is 5.54 Å². The monoisotopic (exact) mass is 549 g/mol. The Labute approximate surface area is 236 Å². The number of likely N-dealkylation sites (tertiary alicyclic amines) is 1. The fourth-order valence-electron chi connectivity index (χ4n) is 5.02. The maximum absolute atomic E-state index is 12.9. The Morgan fingerprint density at radius 1 is 0.718 bits per heavy atom. The molecule has 0 amide bonds. The fraction of sp³-hybridized carbons (Fsp3) is 0.125. The van der Waals surface area contributed by atoms with Crippen LogP contribution in [-0.4, -0.2) is 40.0 Å². The van der Waals surface area contributed by atoms with E-state index >= 15 is 0 Å². The van der Waals surface area contributed by atoms with E-state index in [1.165, 1.54) is 28.0 Å². The molecule has 194 valence electrons. The molecule has 0 aliphatic carbocycles. The molecule has 5 aromatic rings. The third kappa shape index (κ3) is 5.86. The van der Waals surface area contributed by atoms with Crippen LogP contribution in [0.15, 0.2) is 120 Å². The van der Waals surface area contributed by atoms with Crippen LogP contribution in [0.5, 0.6) is 0 Å². The van der Waals surface area contributed by atoms with E-state index in [-0.39, 0.29) is 5.78 Å². The lowest BCUT2D eigenvalue weighted by molar-refractivity contribution is -0.117. The Morgan fingerprint density at radius 2 is 1.21 bits per heavy atom. The first-order valence-corrected chi connectivity index (χ1v) is 14.4. The molecule has 0 spiro atoms. The van der Waals surface area contributed by atoms with Crippen LogP contribution in [0.25, 0.3) is 6.08 Å². The molecule has 1 fully saturated rings. The Bertz CT molecular complexity index is 1410. The topological polar surface area (TPSA) is 63.2 Å². The zero-order valence-corrected chi connectivity index (χ0v) is 22.9. The van der Waals surface area contributed by atoms with Gasteiger partial charge in [-0.25, -0.2) is 9.97 Å². The van der Waals surface area contributed by atoms with Gasteiger partial charge >= 0.3 is 0 Å². The predicted octanol–water partition coefficient (Wildman–Crippen LogP) is 6.75. The number of piperidine rings is 1. The molecule has 3 heterocycles. The molecule has 0 atom stereocenters. The van der Waals surface area contributed by atoms with Gasteiger partial charge in [-0.1, -0.05) is 91.0 Å². The summed E-state index contributed by atoms with van der Waals surface area (Å²) in [7, 11) is 0. The van der Waals surface area contributed by atoms with Gasteiger partial charge in [-0.15, -0.1) is 22.7 Å². The maximum Gasteiger partial charge on any atom is 0.178 e. The number of rotatable bonds is 6. The molecule has 1 saturated heterocycles. The molecular weight excluding hydrogens is 523 g/mol. The number of Topliss-reactive ketones (excluding diaryl/α,β-unsaturated/α-hetero) is 1. The van der Waals surface area contributed by atoms with Gasteiger partial charge in [0, 0.05) is 48.2 Å². The maximum atomic E-state index is 12.9. The van der Waals surface area contributed by atoms with Gasteiger partial charge in [0.15, 0.2) is 17.1 Å². The van der Waals surface area contributed by atoms with Crippen LogP contribution in [-0.2, 0) is 10.3 Å². The van der Waals surface area contributed by atoms with Gasteiger partial charge in [-0.2, -0.15) is 0 Å². The lowest BCUT2D eigenvalue weighted by Gasteiger charge is -2.47. The first-order chi connectivity index (χ1) is 19.2. The highest BCUT2D eigenvalue weighted by molar-refractivity contribution is 7.11. The number of nitrogens with zero attached hydrogens (tertiary/aromatic N) is 3. The van der Waals surface area contributed by atoms with Crippen molar-refractivity contribution in [1.29, 1.82) is 0 Å². The highest BCUT2D eigenvalue weighted by Crippen LogP contribution is 2.44. The summed E-state index contributed by atoms with van der Waals surface area (Å²) in [5, 5.41) is 5.13. The molecule has 39 heavy (non-hydrogen) atoms. The number of carbonyl (C=O) groups excluding carboxylic acids is 2. The number of benzene rings is 3. The molecule has 0 radical (unpaired) electrons. The minimum Gasteiger partial charge on any atom is -0.295 e. The van der Waals surface area contributed by atoms with Crippen molar-refractivity contribution < 1.29 is 9.59 Å². The first kappa shape index (κ1) is 26.6. The normalized spacial score (nSPS) is 15.0. The molecule has 1 aliphatic rings. The average Bonchev–Trinajstić information content (AvgIpc) is 3.72. The standard InChI is InChI=1S/C28H24N2OS.C4H3NOS/c31-26-16-18-30(21-22(26)20-27-29-17-19-32-27)28(23-10-4-1-5-11-23,24-12-6-2-7-13-24)25-14-8-3-9-15-25;6-3-4-5-1-2-7-4/h1-15,17,19-20H,16,18,21H2;1-3H/b22-20+;. The number of aldehydes is 1. The Hall–Kier alpha value is -4.04. The smallest absolute Gasteiger partial charge is 0.178 e. The van der Waals surface area contributed by atoms with Gasteiger partial charge in [-0.05, 0) is 22.8 Å². The van der Waals surface area contributed by atoms with Crippen LogP contribution in [0.1, 0.15) is 37.9 Å². The number of hydrogen-bond acceptors (Lipinski definition) is 7. The van der Waals surface area contributed by atoms with Gasteiger partial charge in [-0.3, -0.25) is 14.5 Å². The van der Waals surface area contributed by atoms with Crippen molar-refractivity contribution >= 4 is 40.8 Å². The third-order valence-corrected chi connectivity index (χ3v) is 8.10. The molecule has 7 heteroatoms. The SMILES string of the molecule is O=C1CCN(C(c2ccccc2)(c2ccccc2)c2ccccc2)C/C1=C\c1nccs1.O=Cc1nccs1. The lowest BCUT2D eigenvalue weighted by atomic mass is 9.74. The molecule has 2 aromatic heterocycles. The minimum atomic E-state index is -0.507. The van der Waals surface area contributed by atoms with Crippen molar-refractivity contribution in [3.8, 4) is 0 Å². The molecule has 3 aromatic carbocycles. The van der Waals surface area contributed by atoms with Gasteiger partial charge < -0.3 is 0 Å². The summed E-state index contributed by atoms with van der Waals surface area (Å²) in [5.74, 6) is 0.208. The van der Waals surface area contributed by atoms with E-state index in [1.807, 2.05) is 11.5 Å². The summed E-state index contributed by atoms with van der Waals surface area (Å²) in [5.41, 5.74) is 3.89. The van der Waals surface area contributed by atoms with Crippen molar-refractivity contribution in [3.63, 3.8) is 0 Å². The Kier molecular flexibility index (Phi) is 8.63. The molecule has 5 nitrogen and oxygen atoms in total. The molecule has 0 unspecified atom stereocenters. The quantitative estimate of drug-likeness (QED) is 0.133. The third-order valence-electron chi connectivity index (χ3n) is 6.68. The highest BCUT2D eigenvalue weighted by Gasteiger charge is 2.44. The zero-order valence-electron chi connectivity index (χ0n) is 21.2. The summed E-state index contributed by atoms with van der Waals surface area (Å²) in [4.78, 5) is 33.2. The van der Waals surface area contributed by atoms with Crippen LogP contribution in [0.3, 0.4) is 0 Å². The second kappa shape index (κ2) is 12.7. The number of carbonyl (C=O) groups is 2. The van der Waals surface area contributed by atoms with Crippen LogP contribution in [0.4, 0.5) is 0 Å². The van der Waals surface area contributed by atoms with Gasteiger partial charge in [0.25, 0.3) is 0 Å². The van der Waals surface area contributed by atoms with Crippen molar-refractivity contribution in [3.05, 3.63) is 146 Å². The Balaban J connectivity index is 0.000000384. The minimum absolute atomic E-state index is 0.208. The van der Waals surface area contributed by atoms with E-state index in [1.54, 1.807) is 29.1 Å². The van der Waals surface area contributed by atoms with Crippen LogP contribution >= 0.6 is 22.7 Å². The molecule has 6 rings (SSSR count). The Morgan fingerprint density at radius 3 is 1.62 bits per heavy atom. The average molecular weight is 550 g/mol. The van der Waals surface area contributed by atoms with E-state index in [0.29, 0.717) is 24.5 Å². The first-order valence-electron chi connectivity index (χ1n) is 12.6. The highest BCUT2D eigenvalue weighted by atomic mass is 32.1. The molecule has 0 saturated carbocycles. The number of ketones is 1. The fourth-order valence-corrected chi connectivity index (χ4v) is 6.05. The number of thiazole rings is 2. The second-order valence-electron chi connectivity index (χ2n) is 8.93. The van der Waals surface area contributed by atoms with Gasteiger partial charge in [0.2, 0.25) is 0 Å². The van der Waals surface area contributed by atoms with E-state index in [2.05, 4.69) is 106 Å². The van der Waals surface area contributed by atoms with Crippen LogP contribution in [0.2, 0.25) is 0 Å². The summed E-state index contributed by atoms with van der Waals surface area (Å²) in [6, 6.07) is 31.9. The second-order valence-corrected chi connectivity index (χ2v) is 10.8. The van der Waals surface area contributed by atoms with Crippen molar-refractivity contribution in [2.24, 2.45) is 0 Å². The van der Waals surface area contributed by atoms with E-state index in [9.17, 15) is 9.59 Å². The zero-order chi connectivity index (χ0) is 26.9. The predicted molar refractivity (Wildman–Crippen MR) is 158 cm³/mol. The van der Waals surface area contributed by atoms with Crippen molar-refractivity contribution in [2.75, 3.05) is 13.1 Å².